The van der Waals surface area contributed by atoms with Gasteiger partial charge in [-0.1, -0.05) is 25.6 Å². The zero-order chi connectivity index (χ0) is 13.8. The quantitative estimate of drug-likeness (QED) is 0.757. The second kappa shape index (κ2) is 6.18. The first-order valence-corrected chi connectivity index (χ1v) is 7.55. The highest BCUT2D eigenvalue weighted by molar-refractivity contribution is 7.98. The number of hydrogen-bond acceptors (Lipinski definition) is 5. The molecule has 0 aliphatic heterocycles. The van der Waals surface area contributed by atoms with Gasteiger partial charge in [0.1, 0.15) is 17.5 Å². The van der Waals surface area contributed by atoms with Crippen molar-refractivity contribution in [3.63, 3.8) is 0 Å². The van der Waals surface area contributed by atoms with Crippen molar-refractivity contribution >= 4 is 11.8 Å². The van der Waals surface area contributed by atoms with Crippen molar-refractivity contribution in [2.75, 3.05) is 0 Å². The van der Waals surface area contributed by atoms with Gasteiger partial charge < -0.3 is 9.13 Å². The maximum absolute atomic E-state index is 4.22. The number of rotatable bonds is 6. The summed E-state index contributed by atoms with van der Waals surface area (Å²) in [6, 6.07) is 0. The fraction of sp³-hybridized carbons (Fsp3) is 0.667. The summed E-state index contributed by atoms with van der Waals surface area (Å²) in [7, 11) is 2.01. The van der Waals surface area contributed by atoms with Crippen LogP contribution >= 0.6 is 11.8 Å². The van der Waals surface area contributed by atoms with Crippen LogP contribution in [0.3, 0.4) is 0 Å². The summed E-state index contributed by atoms with van der Waals surface area (Å²) in [5, 5.41) is 17.7. The molecule has 0 aliphatic rings. The highest BCUT2D eigenvalue weighted by Gasteiger charge is 2.12. The van der Waals surface area contributed by atoms with E-state index in [9.17, 15) is 0 Å². The van der Waals surface area contributed by atoms with Crippen LogP contribution in [0.4, 0.5) is 0 Å². The largest absolute Gasteiger partial charge is 0.317 e. The van der Waals surface area contributed by atoms with Gasteiger partial charge in [0.25, 0.3) is 0 Å². The topological polar surface area (TPSA) is 61.4 Å². The maximum atomic E-state index is 4.22. The predicted octanol–water partition coefficient (Wildman–Crippen LogP) is 1.98. The van der Waals surface area contributed by atoms with E-state index in [-0.39, 0.29) is 0 Å². The molecule has 2 aromatic heterocycles. The standard InChI is InChI=1S/C12H20N6S/c1-5-7-18-9(3)13-16-12(18)19-8-11-15-14-10(6-2)17(11)4/h5-8H2,1-4H3. The summed E-state index contributed by atoms with van der Waals surface area (Å²) in [5.41, 5.74) is 0. The van der Waals surface area contributed by atoms with Crippen LogP contribution in [-0.2, 0) is 25.8 Å². The van der Waals surface area contributed by atoms with Gasteiger partial charge in [0.15, 0.2) is 5.16 Å². The summed E-state index contributed by atoms with van der Waals surface area (Å²) in [4.78, 5) is 0. The Bertz CT molecular complexity index is 544. The molecule has 0 saturated heterocycles. The molecule has 2 heterocycles. The Morgan fingerprint density at radius 3 is 2.42 bits per heavy atom. The van der Waals surface area contributed by atoms with E-state index in [1.165, 1.54) is 0 Å². The number of thioether (sulfide) groups is 1. The van der Waals surface area contributed by atoms with Crippen LogP contribution in [0, 0.1) is 6.92 Å². The molecule has 0 unspecified atom stereocenters. The van der Waals surface area contributed by atoms with Gasteiger partial charge in [-0.05, 0) is 13.3 Å². The molecule has 2 rings (SSSR count). The lowest BCUT2D eigenvalue weighted by molar-refractivity contribution is 0.605. The minimum absolute atomic E-state index is 0.769. The minimum atomic E-state index is 0.769. The summed E-state index contributed by atoms with van der Waals surface area (Å²) in [5.74, 6) is 3.73. The highest BCUT2D eigenvalue weighted by atomic mass is 32.2. The van der Waals surface area contributed by atoms with Gasteiger partial charge in [0, 0.05) is 20.0 Å². The molecule has 7 heteroatoms. The van der Waals surface area contributed by atoms with Crippen molar-refractivity contribution in [2.45, 2.75) is 51.1 Å². The van der Waals surface area contributed by atoms with Crippen LogP contribution in [-0.4, -0.2) is 29.5 Å². The van der Waals surface area contributed by atoms with Gasteiger partial charge in [-0.3, -0.25) is 0 Å². The van der Waals surface area contributed by atoms with E-state index in [0.717, 1.165) is 47.8 Å². The van der Waals surface area contributed by atoms with Gasteiger partial charge in [0.05, 0.1) is 5.75 Å². The SMILES string of the molecule is CCCn1c(C)nnc1SCc1nnc(CC)n1C. The molecule has 0 spiro atoms. The van der Waals surface area contributed by atoms with E-state index < -0.39 is 0 Å². The van der Waals surface area contributed by atoms with Gasteiger partial charge in [-0.25, -0.2) is 0 Å². The number of hydrogen-bond donors (Lipinski definition) is 0. The molecule has 0 N–H and O–H groups in total. The molecule has 0 aliphatic carbocycles. The van der Waals surface area contributed by atoms with E-state index >= 15 is 0 Å². The molecule has 0 amide bonds. The van der Waals surface area contributed by atoms with Crippen molar-refractivity contribution in [1.82, 2.24) is 29.5 Å². The van der Waals surface area contributed by atoms with Crippen molar-refractivity contribution in [1.29, 1.82) is 0 Å². The molecule has 6 nitrogen and oxygen atoms in total. The lowest BCUT2D eigenvalue weighted by Gasteiger charge is -2.06. The van der Waals surface area contributed by atoms with E-state index in [2.05, 4.69) is 43.4 Å². The zero-order valence-electron chi connectivity index (χ0n) is 11.9. The Hall–Kier alpha value is -1.37. The van der Waals surface area contributed by atoms with Crippen molar-refractivity contribution in [3.8, 4) is 0 Å². The molecule has 0 saturated carbocycles. The van der Waals surface area contributed by atoms with E-state index in [1.54, 1.807) is 11.8 Å². The Morgan fingerprint density at radius 2 is 1.79 bits per heavy atom. The molecule has 0 fully saturated rings. The molecule has 2 aromatic rings. The first-order chi connectivity index (χ1) is 9.17. The molecular formula is C12H20N6S. The number of nitrogens with zero attached hydrogens (tertiary/aromatic N) is 6. The monoisotopic (exact) mass is 280 g/mol. The minimum Gasteiger partial charge on any atom is -0.317 e. The van der Waals surface area contributed by atoms with Crippen LogP contribution in [0.2, 0.25) is 0 Å². The highest BCUT2D eigenvalue weighted by Crippen LogP contribution is 2.21. The second-order valence-corrected chi connectivity index (χ2v) is 5.36. The lowest BCUT2D eigenvalue weighted by atomic mass is 10.4. The summed E-state index contributed by atoms with van der Waals surface area (Å²) < 4.78 is 4.21. The lowest BCUT2D eigenvalue weighted by Crippen LogP contribution is -2.03. The molecule has 0 bridgehead atoms. The fourth-order valence-corrected chi connectivity index (χ4v) is 2.90. The van der Waals surface area contributed by atoms with Gasteiger partial charge in [-0.2, -0.15) is 0 Å². The first-order valence-electron chi connectivity index (χ1n) is 6.57. The molecule has 19 heavy (non-hydrogen) atoms. The fourth-order valence-electron chi connectivity index (χ4n) is 1.91. The van der Waals surface area contributed by atoms with Gasteiger partial charge in [-0.15, -0.1) is 20.4 Å². The average Bonchev–Trinajstić information content (AvgIpc) is 2.93. The van der Waals surface area contributed by atoms with Gasteiger partial charge >= 0.3 is 0 Å². The van der Waals surface area contributed by atoms with Crippen LogP contribution in [0.15, 0.2) is 5.16 Å². The second-order valence-electron chi connectivity index (χ2n) is 4.42. The third-order valence-electron chi connectivity index (χ3n) is 3.05. The molecule has 0 aromatic carbocycles. The summed E-state index contributed by atoms with van der Waals surface area (Å²) in [6.07, 6.45) is 1.98. The van der Waals surface area contributed by atoms with Crippen molar-refractivity contribution in [2.24, 2.45) is 7.05 Å². The predicted molar refractivity (Wildman–Crippen MR) is 75.0 cm³/mol. The average molecular weight is 280 g/mol. The molecule has 104 valence electrons. The summed E-state index contributed by atoms with van der Waals surface area (Å²) >= 11 is 1.66. The van der Waals surface area contributed by atoms with E-state index in [4.69, 9.17) is 0 Å². The number of aromatic nitrogens is 6. The molecular weight excluding hydrogens is 260 g/mol. The Kier molecular flexibility index (Phi) is 4.57. The van der Waals surface area contributed by atoms with Gasteiger partial charge in [0.2, 0.25) is 0 Å². The Labute approximate surface area is 117 Å². The molecule has 0 atom stereocenters. The summed E-state index contributed by atoms with van der Waals surface area (Å²) in [6.45, 7) is 7.19. The van der Waals surface area contributed by atoms with Crippen LogP contribution < -0.4 is 0 Å². The van der Waals surface area contributed by atoms with Crippen molar-refractivity contribution in [3.05, 3.63) is 17.5 Å². The normalized spacial score (nSPS) is 11.2. The maximum Gasteiger partial charge on any atom is 0.191 e. The van der Waals surface area contributed by atoms with Crippen molar-refractivity contribution < 1.29 is 0 Å². The number of aryl methyl sites for hydroxylation is 2. The zero-order valence-corrected chi connectivity index (χ0v) is 12.7. The third kappa shape index (κ3) is 2.97. The smallest absolute Gasteiger partial charge is 0.191 e. The van der Waals surface area contributed by atoms with E-state index in [0.29, 0.717) is 0 Å². The third-order valence-corrected chi connectivity index (χ3v) is 4.01. The Morgan fingerprint density at radius 1 is 1.05 bits per heavy atom. The first kappa shape index (κ1) is 14.0. The molecule has 0 radical (unpaired) electrons. The van der Waals surface area contributed by atoms with E-state index in [1.807, 2.05) is 14.0 Å². The van der Waals surface area contributed by atoms with Crippen LogP contribution in [0.25, 0.3) is 0 Å². The van der Waals surface area contributed by atoms with Crippen LogP contribution in [0.5, 0.6) is 0 Å². The Balaban J connectivity index is 2.08. The van der Waals surface area contributed by atoms with Crippen LogP contribution in [0.1, 0.15) is 37.7 Å².